The zero-order valence-electron chi connectivity index (χ0n) is 10.4. The van der Waals surface area contributed by atoms with Gasteiger partial charge in [0.1, 0.15) is 0 Å². The summed E-state index contributed by atoms with van der Waals surface area (Å²) >= 11 is 9.26. The van der Waals surface area contributed by atoms with Gasteiger partial charge < -0.3 is 5.32 Å². The van der Waals surface area contributed by atoms with E-state index in [1.165, 1.54) is 0 Å². The van der Waals surface area contributed by atoms with Gasteiger partial charge in [-0.15, -0.1) is 0 Å². The summed E-state index contributed by atoms with van der Waals surface area (Å²) in [7, 11) is 0. The minimum absolute atomic E-state index is 0.0559. The van der Waals surface area contributed by atoms with Crippen molar-refractivity contribution in [3.63, 3.8) is 0 Å². The molecule has 0 aliphatic rings. The van der Waals surface area contributed by atoms with Crippen LogP contribution in [-0.4, -0.2) is 5.91 Å². The SMILES string of the molecule is C[C@@H](NC(=O)c1cccc(Cl)c1)c1ccc(Br)cc1. The standard InChI is InChI=1S/C15H13BrClNO/c1-10(11-5-7-13(16)8-6-11)18-15(19)12-3-2-4-14(17)9-12/h2-10H,1H3,(H,18,19)/t10-/m1/s1. The molecule has 0 spiro atoms. The van der Waals surface area contributed by atoms with E-state index in [-0.39, 0.29) is 11.9 Å². The molecule has 0 fully saturated rings. The van der Waals surface area contributed by atoms with Crippen LogP contribution in [0.3, 0.4) is 0 Å². The van der Waals surface area contributed by atoms with Crippen LogP contribution in [0.1, 0.15) is 28.9 Å². The Morgan fingerprint density at radius 1 is 1.21 bits per heavy atom. The summed E-state index contributed by atoms with van der Waals surface area (Å²) in [5.74, 6) is -0.127. The van der Waals surface area contributed by atoms with Gasteiger partial charge in [-0.05, 0) is 42.8 Å². The van der Waals surface area contributed by atoms with Gasteiger partial charge in [0.2, 0.25) is 0 Å². The van der Waals surface area contributed by atoms with Crippen molar-refractivity contribution in [3.8, 4) is 0 Å². The number of halogens is 2. The number of carbonyl (C=O) groups is 1. The predicted octanol–water partition coefficient (Wildman–Crippen LogP) is 4.59. The Hall–Kier alpha value is -1.32. The van der Waals surface area contributed by atoms with Crippen LogP contribution < -0.4 is 5.32 Å². The van der Waals surface area contributed by atoms with Crippen molar-refractivity contribution in [2.75, 3.05) is 0 Å². The van der Waals surface area contributed by atoms with Gasteiger partial charge in [0.05, 0.1) is 6.04 Å². The second kappa shape index (κ2) is 6.22. The molecular weight excluding hydrogens is 326 g/mol. The third-order valence-electron chi connectivity index (χ3n) is 2.80. The van der Waals surface area contributed by atoms with Crippen molar-refractivity contribution >= 4 is 33.4 Å². The van der Waals surface area contributed by atoms with Gasteiger partial charge in [0.25, 0.3) is 5.91 Å². The van der Waals surface area contributed by atoms with E-state index in [9.17, 15) is 4.79 Å². The molecule has 2 aromatic rings. The molecule has 0 aliphatic heterocycles. The van der Waals surface area contributed by atoms with Crippen molar-refractivity contribution < 1.29 is 4.79 Å². The molecule has 1 N–H and O–H groups in total. The molecule has 98 valence electrons. The van der Waals surface area contributed by atoms with E-state index >= 15 is 0 Å². The second-order valence-electron chi connectivity index (χ2n) is 4.26. The molecule has 0 bridgehead atoms. The highest BCUT2D eigenvalue weighted by Crippen LogP contribution is 2.17. The van der Waals surface area contributed by atoms with Crippen molar-refractivity contribution in [1.82, 2.24) is 5.32 Å². The Bertz CT molecular complexity index is 583. The number of benzene rings is 2. The number of carbonyl (C=O) groups excluding carboxylic acids is 1. The molecule has 0 aromatic heterocycles. The lowest BCUT2D eigenvalue weighted by atomic mass is 10.1. The molecule has 4 heteroatoms. The molecule has 19 heavy (non-hydrogen) atoms. The lowest BCUT2D eigenvalue weighted by Gasteiger charge is -2.14. The Morgan fingerprint density at radius 2 is 1.89 bits per heavy atom. The summed E-state index contributed by atoms with van der Waals surface area (Å²) in [6.45, 7) is 1.95. The van der Waals surface area contributed by atoms with Crippen LogP contribution in [0, 0.1) is 0 Å². The molecule has 0 saturated heterocycles. The van der Waals surface area contributed by atoms with Crippen LogP contribution in [0.2, 0.25) is 5.02 Å². The highest BCUT2D eigenvalue weighted by Gasteiger charge is 2.11. The van der Waals surface area contributed by atoms with E-state index in [0.29, 0.717) is 10.6 Å². The first-order valence-electron chi connectivity index (χ1n) is 5.88. The predicted molar refractivity (Wildman–Crippen MR) is 81.5 cm³/mol. The monoisotopic (exact) mass is 337 g/mol. The Morgan fingerprint density at radius 3 is 2.53 bits per heavy atom. The van der Waals surface area contributed by atoms with Crippen molar-refractivity contribution in [3.05, 3.63) is 69.2 Å². The topological polar surface area (TPSA) is 29.1 Å². The fraction of sp³-hybridized carbons (Fsp3) is 0.133. The van der Waals surface area contributed by atoms with E-state index in [2.05, 4.69) is 21.2 Å². The van der Waals surface area contributed by atoms with E-state index < -0.39 is 0 Å². The molecule has 2 aromatic carbocycles. The maximum Gasteiger partial charge on any atom is 0.251 e. The summed E-state index contributed by atoms with van der Waals surface area (Å²) in [4.78, 5) is 12.1. The fourth-order valence-electron chi connectivity index (χ4n) is 1.74. The summed E-state index contributed by atoms with van der Waals surface area (Å²) in [6.07, 6.45) is 0. The van der Waals surface area contributed by atoms with Gasteiger partial charge in [-0.2, -0.15) is 0 Å². The summed E-state index contributed by atoms with van der Waals surface area (Å²) in [5, 5.41) is 3.51. The van der Waals surface area contributed by atoms with Crippen LogP contribution in [0.25, 0.3) is 0 Å². The van der Waals surface area contributed by atoms with Gasteiger partial charge in [-0.1, -0.05) is 45.7 Å². The molecule has 0 unspecified atom stereocenters. The summed E-state index contributed by atoms with van der Waals surface area (Å²) in [6, 6.07) is 14.7. The number of hydrogen-bond acceptors (Lipinski definition) is 1. The number of hydrogen-bond donors (Lipinski definition) is 1. The molecule has 0 aliphatic carbocycles. The maximum atomic E-state index is 12.1. The molecule has 0 heterocycles. The first-order valence-corrected chi connectivity index (χ1v) is 7.05. The van der Waals surface area contributed by atoms with Crippen LogP contribution >= 0.6 is 27.5 Å². The third-order valence-corrected chi connectivity index (χ3v) is 3.57. The van der Waals surface area contributed by atoms with Crippen LogP contribution in [0.15, 0.2) is 53.0 Å². The van der Waals surface area contributed by atoms with Crippen LogP contribution in [0.4, 0.5) is 0 Å². The quantitative estimate of drug-likeness (QED) is 0.871. The van der Waals surface area contributed by atoms with Gasteiger partial charge in [0, 0.05) is 15.1 Å². The van der Waals surface area contributed by atoms with Crippen molar-refractivity contribution in [2.24, 2.45) is 0 Å². The first-order chi connectivity index (χ1) is 9.06. The smallest absolute Gasteiger partial charge is 0.251 e. The lowest BCUT2D eigenvalue weighted by molar-refractivity contribution is 0.0940. The zero-order valence-corrected chi connectivity index (χ0v) is 12.7. The summed E-state index contributed by atoms with van der Waals surface area (Å²) in [5.41, 5.74) is 1.62. The van der Waals surface area contributed by atoms with Gasteiger partial charge in [0.15, 0.2) is 0 Å². The van der Waals surface area contributed by atoms with Crippen LogP contribution in [0.5, 0.6) is 0 Å². The molecule has 2 nitrogen and oxygen atoms in total. The largest absolute Gasteiger partial charge is 0.346 e. The number of amides is 1. The van der Waals surface area contributed by atoms with E-state index in [1.807, 2.05) is 31.2 Å². The lowest BCUT2D eigenvalue weighted by Crippen LogP contribution is -2.26. The molecule has 2 rings (SSSR count). The van der Waals surface area contributed by atoms with E-state index in [4.69, 9.17) is 11.6 Å². The Labute approximate surface area is 125 Å². The average Bonchev–Trinajstić information content (AvgIpc) is 2.39. The van der Waals surface area contributed by atoms with E-state index in [1.54, 1.807) is 24.3 Å². The third kappa shape index (κ3) is 3.82. The number of rotatable bonds is 3. The fourth-order valence-corrected chi connectivity index (χ4v) is 2.20. The minimum Gasteiger partial charge on any atom is -0.346 e. The zero-order chi connectivity index (χ0) is 13.8. The molecule has 1 atom stereocenters. The minimum atomic E-state index is -0.127. The normalized spacial score (nSPS) is 11.9. The van der Waals surface area contributed by atoms with Gasteiger partial charge >= 0.3 is 0 Å². The Balaban J connectivity index is 2.08. The van der Waals surface area contributed by atoms with Gasteiger partial charge in [-0.3, -0.25) is 4.79 Å². The first kappa shape index (κ1) is 14.1. The van der Waals surface area contributed by atoms with Gasteiger partial charge in [-0.25, -0.2) is 0 Å². The Kier molecular flexibility index (Phi) is 4.61. The summed E-state index contributed by atoms with van der Waals surface area (Å²) < 4.78 is 1.02. The second-order valence-corrected chi connectivity index (χ2v) is 5.61. The highest BCUT2D eigenvalue weighted by molar-refractivity contribution is 9.10. The average molecular weight is 339 g/mol. The maximum absolute atomic E-state index is 12.1. The van der Waals surface area contributed by atoms with Crippen molar-refractivity contribution in [1.29, 1.82) is 0 Å². The van der Waals surface area contributed by atoms with Crippen molar-refractivity contribution in [2.45, 2.75) is 13.0 Å². The molecule has 0 radical (unpaired) electrons. The highest BCUT2D eigenvalue weighted by atomic mass is 79.9. The van der Waals surface area contributed by atoms with E-state index in [0.717, 1.165) is 10.0 Å². The number of nitrogens with one attached hydrogen (secondary N) is 1. The molecule has 0 saturated carbocycles. The molecular formula is C15H13BrClNO. The van der Waals surface area contributed by atoms with Crippen LogP contribution in [-0.2, 0) is 0 Å². The molecule has 1 amide bonds.